The lowest BCUT2D eigenvalue weighted by Gasteiger charge is -2.25. The molecule has 1 aliphatic heterocycles. The maximum absolute atomic E-state index is 7.35. The van der Waals surface area contributed by atoms with Crippen molar-refractivity contribution in [1.82, 2.24) is 29.1 Å². The van der Waals surface area contributed by atoms with Gasteiger partial charge in [-0.1, -0.05) is 18.2 Å². The minimum absolute atomic E-state index is 0.190. The van der Waals surface area contributed by atoms with Crippen molar-refractivity contribution >= 4 is 27.9 Å². The van der Waals surface area contributed by atoms with Gasteiger partial charge in [0.05, 0.1) is 36.5 Å². The van der Waals surface area contributed by atoms with Crippen LogP contribution in [-0.2, 0) is 4.74 Å². The first-order valence-electron chi connectivity index (χ1n) is 11.1. The minimum atomic E-state index is 0.190. The molecule has 34 heavy (non-hydrogen) atoms. The predicted octanol–water partition coefficient (Wildman–Crippen LogP) is 4.74. The SMILES string of the molecule is [C-]#[N+]c1ccc2ncn(-c3ncc4nc(-c5ccccc5OC)n(C5CCOCC5)c4n3)c2c1. The fraction of sp³-hybridized carbons (Fsp3) is 0.240. The summed E-state index contributed by atoms with van der Waals surface area (Å²) >= 11 is 0. The lowest BCUT2D eigenvalue weighted by molar-refractivity contribution is 0.0708. The molecule has 0 N–H and O–H groups in total. The number of para-hydroxylation sites is 1. The number of rotatable bonds is 4. The van der Waals surface area contributed by atoms with E-state index < -0.39 is 0 Å². The van der Waals surface area contributed by atoms with Crippen LogP contribution in [0.15, 0.2) is 55.0 Å². The van der Waals surface area contributed by atoms with Crippen LogP contribution in [0.25, 0.3) is 44.4 Å². The average Bonchev–Trinajstić information content (AvgIpc) is 3.49. The van der Waals surface area contributed by atoms with Gasteiger partial charge in [-0.3, -0.25) is 4.57 Å². The zero-order valence-corrected chi connectivity index (χ0v) is 18.5. The first-order valence-corrected chi connectivity index (χ1v) is 11.1. The Morgan fingerprint density at radius 3 is 2.74 bits per heavy atom. The van der Waals surface area contributed by atoms with Crippen molar-refractivity contribution in [2.24, 2.45) is 0 Å². The Morgan fingerprint density at radius 1 is 1.06 bits per heavy atom. The lowest BCUT2D eigenvalue weighted by atomic mass is 10.1. The van der Waals surface area contributed by atoms with Crippen LogP contribution >= 0.6 is 0 Å². The summed E-state index contributed by atoms with van der Waals surface area (Å²) in [7, 11) is 1.67. The van der Waals surface area contributed by atoms with Gasteiger partial charge in [0, 0.05) is 19.3 Å². The van der Waals surface area contributed by atoms with Gasteiger partial charge >= 0.3 is 0 Å². The van der Waals surface area contributed by atoms with Crippen LogP contribution in [0.4, 0.5) is 5.69 Å². The van der Waals surface area contributed by atoms with Crippen molar-refractivity contribution in [1.29, 1.82) is 0 Å². The summed E-state index contributed by atoms with van der Waals surface area (Å²) in [4.78, 5) is 22.5. The highest BCUT2D eigenvalue weighted by molar-refractivity contribution is 5.82. The topological polar surface area (TPSA) is 84.2 Å². The monoisotopic (exact) mass is 451 g/mol. The van der Waals surface area contributed by atoms with E-state index in [-0.39, 0.29) is 6.04 Å². The molecule has 3 aromatic heterocycles. The molecular formula is C25H21N7O2. The van der Waals surface area contributed by atoms with Gasteiger partial charge in [-0.05, 0) is 37.1 Å². The van der Waals surface area contributed by atoms with Gasteiger partial charge in [0.25, 0.3) is 0 Å². The molecule has 0 spiro atoms. The molecular weight excluding hydrogens is 430 g/mol. The molecule has 0 aliphatic carbocycles. The number of methoxy groups -OCH3 is 1. The number of benzene rings is 2. The van der Waals surface area contributed by atoms with Crippen molar-refractivity contribution in [3.63, 3.8) is 0 Å². The highest BCUT2D eigenvalue weighted by atomic mass is 16.5. The molecule has 0 bridgehead atoms. The van der Waals surface area contributed by atoms with Crippen LogP contribution in [0.1, 0.15) is 18.9 Å². The minimum Gasteiger partial charge on any atom is -0.496 e. The summed E-state index contributed by atoms with van der Waals surface area (Å²) in [6.45, 7) is 8.73. The molecule has 0 saturated carbocycles. The number of ether oxygens (including phenoxy) is 2. The normalized spacial score (nSPS) is 14.5. The quantitative estimate of drug-likeness (QED) is 0.367. The summed E-state index contributed by atoms with van der Waals surface area (Å²) in [6, 6.07) is 13.5. The van der Waals surface area contributed by atoms with Crippen LogP contribution in [0.5, 0.6) is 5.75 Å². The molecule has 6 rings (SSSR count). The second-order valence-corrected chi connectivity index (χ2v) is 8.13. The van der Waals surface area contributed by atoms with Crippen LogP contribution < -0.4 is 4.74 Å². The van der Waals surface area contributed by atoms with Gasteiger partial charge < -0.3 is 14.0 Å². The van der Waals surface area contributed by atoms with Crippen molar-refractivity contribution in [2.45, 2.75) is 18.9 Å². The molecule has 9 nitrogen and oxygen atoms in total. The summed E-state index contributed by atoms with van der Waals surface area (Å²) in [5.41, 5.74) is 4.48. The van der Waals surface area contributed by atoms with E-state index in [9.17, 15) is 0 Å². The molecule has 2 aromatic carbocycles. The first-order chi connectivity index (χ1) is 16.8. The Balaban J connectivity index is 1.58. The summed E-state index contributed by atoms with van der Waals surface area (Å²) in [5.74, 6) is 2.04. The van der Waals surface area contributed by atoms with Gasteiger partial charge in [0.1, 0.15) is 23.4 Å². The Bertz CT molecular complexity index is 1560. The molecule has 4 heterocycles. The maximum atomic E-state index is 7.35. The largest absolute Gasteiger partial charge is 0.496 e. The summed E-state index contributed by atoms with van der Waals surface area (Å²) < 4.78 is 15.3. The second-order valence-electron chi connectivity index (χ2n) is 8.13. The fourth-order valence-corrected chi connectivity index (χ4v) is 4.53. The van der Waals surface area contributed by atoms with Crippen molar-refractivity contribution in [2.75, 3.05) is 20.3 Å². The molecule has 0 radical (unpaired) electrons. The van der Waals surface area contributed by atoms with E-state index in [1.165, 1.54) is 0 Å². The van der Waals surface area contributed by atoms with E-state index in [1.54, 1.807) is 31.8 Å². The lowest BCUT2D eigenvalue weighted by Crippen LogP contribution is -2.21. The molecule has 1 saturated heterocycles. The van der Waals surface area contributed by atoms with Gasteiger partial charge in [0.15, 0.2) is 11.3 Å². The smallest absolute Gasteiger partial charge is 0.237 e. The zero-order valence-electron chi connectivity index (χ0n) is 18.5. The van der Waals surface area contributed by atoms with Gasteiger partial charge in [-0.25, -0.2) is 19.8 Å². The Morgan fingerprint density at radius 2 is 1.91 bits per heavy atom. The van der Waals surface area contributed by atoms with E-state index in [0.29, 0.717) is 30.4 Å². The maximum Gasteiger partial charge on any atom is 0.237 e. The Kier molecular flexibility index (Phi) is 4.93. The highest BCUT2D eigenvalue weighted by Crippen LogP contribution is 2.36. The molecule has 1 fully saturated rings. The van der Waals surface area contributed by atoms with E-state index in [4.69, 9.17) is 26.0 Å². The number of fused-ring (bicyclic) bond motifs is 2. The molecule has 0 unspecified atom stereocenters. The number of hydrogen-bond donors (Lipinski definition) is 0. The molecule has 9 heteroatoms. The van der Waals surface area contributed by atoms with Crippen molar-refractivity contribution in [3.8, 4) is 23.1 Å². The summed E-state index contributed by atoms with van der Waals surface area (Å²) in [6.07, 6.45) is 5.18. The number of imidazole rings is 2. The third-order valence-corrected chi connectivity index (χ3v) is 6.20. The van der Waals surface area contributed by atoms with E-state index in [0.717, 1.165) is 46.7 Å². The van der Waals surface area contributed by atoms with Crippen LogP contribution in [-0.4, -0.2) is 49.4 Å². The average molecular weight is 451 g/mol. The Labute approximate surface area is 195 Å². The molecule has 168 valence electrons. The van der Waals surface area contributed by atoms with E-state index in [1.807, 2.05) is 34.9 Å². The van der Waals surface area contributed by atoms with Crippen molar-refractivity contribution in [3.05, 3.63) is 66.4 Å². The van der Waals surface area contributed by atoms with Gasteiger partial charge in [0.2, 0.25) is 5.95 Å². The summed E-state index contributed by atoms with van der Waals surface area (Å²) in [5, 5.41) is 0. The van der Waals surface area contributed by atoms with Gasteiger partial charge in [-0.2, -0.15) is 4.98 Å². The predicted molar refractivity (Wildman–Crippen MR) is 127 cm³/mol. The third kappa shape index (κ3) is 3.27. The van der Waals surface area contributed by atoms with E-state index >= 15 is 0 Å². The molecule has 5 aromatic rings. The molecule has 0 atom stereocenters. The van der Waals surface area contributed by atoms with Crippen molar-refractivity contribution < 1.29 is 9.47 Å². The number of hydrogen-bond acceptors (Lipinski definition) is 6. The molecule has 1 aliphatic rings. The third-order valence-electron chi connectivity index (χ3n) is 6.20. The Hall–Kier alpha value is -4.29. The van der Waals surface area contributed by atoms with Crippen LogP contribution in [0, 0.1) is 6.57 Å². The first kappa shape index (κ1) is 20.3. The van der Waals surface area contributed by atoms with Crippen LogP contribution in [0.3, 0.4) is 0 Å². The second kappa shape index (κ2) is 8.24. The number of aromatic nitrogens is 6. The van der Waals surface area contributed by atoms with Gasteiger partial charge in [-0.15, -0.1) is 0 Å². The fourth-order valence-electron chi connectivity index (χ4n) is 4.53. The zero-order chi connectivity index (χ0) is 23.1. The molecule has 0 amide bonds. The standard InChI is InChI=1S/C25H21N7O2/c1-26-16-7-8-19-21(13-16)31(15-28-19)25-27-14-20-24(30-25)32(17-9-11-34-12-10-17)23(29-20)18-5-3-4-6-22(18)33-2/h3-8,13-15,17H,9-12H2,2H3. The highest BCUT2D eigenvalue weighted by Gasteiger charge is 2.25. The number of nitrogens with zero attached hydrogens (tertiary/aromatic N) is 7. The van der Waals surface area contributed by atoms with Crippen LogP contribution in [0.2, 0.25) is 0 Å². The van der Waals surface area contributed by atoms with E-state index in [2.05, 4.69) is 19.4 Å².